The van der Waals surface area contributed by atoms with Crippen LogP contribution in [0, 0.1) is 6.92 Å². The van der Waals surface area contributed by atoms with Gasteiger partial charge in [0.2, 0.25) is 5.89 Å². The van der Waals surface area contributed by atoms with Crippen molar-refractivity contribution in [1.29, 1.82) is 0 Å². The van der Waals surface area contributed by atoms with Crippen molar-refractivity contribution in [3.63, 3.8) is 0 Å². The van der Waals surface area contributed by atoms with Gasteiger partial charge in [0.1, 0.15) is 21.8 Å². The Morgan fingerprint density at radius 2 is 1.36 bits per heavy atom. The lowest BCUT2D eigenvalue weighted by atomic mass is 10.2. The van der Waals surface area contributed by atoms with Crippen LogP contribution in [0.25, 0.3) is 10.2 Å². The predicted octanol–water partition coefficient (Wildman–Crippen LogP) is 6.84. The van der Waals surface area contributed by atoms with Crippen molar-refractivity contribution in [2.45, 2.75) is 20.0 Å². The Kier molecular flexibility index (Phi) is 8.82. The number of aryl methyl sites for hydroxylation is 1. The summed E-state index contributed by atoms with van der Waals surface area (Å²) in [6.07, 6.45) is -0.308. The van der Waals surface area contributed by atoms with E-state index < -0.39 is 18.8 Å². The van der Waals surface area contributed by atoms with Crippen LogP contribution in [-0.2, 0) is 17.8 Å². The number of carbonyl (C=O) groups excluding carboxylic acids is 1. The van der Waals surface area contributed by atoms with Gasteiger partial charge in [-0.1, -0.05) is 133 Å². The molecule has 2 aromatic heterocycles. The monoisotopic (exact) mass is 619 g/mol. The first kappa shape index (κ1) is 29.3. The van der Waals surface area contributed by atoms with Crippen LogP contribution in [0.15, 0.2) is 135 Å². The number of benzene rings is 4. The molecule has 0 fully saturated rings. The Morgan fingerprint density at radius 3 is 1.91 bits per heavy atom. The van der Waals surface area contributed by atoms with Crippen molar-refractivity contribution in [2.24, 2.45) is 4.74 Å². The molecule has 0 spiro atoms. The Bertz CT molecular complexity index is 1890. The minimum atomic E-state index is -2.53. The third-order valence-electron chi connectivity index (χ3n) is 7.20. The second kappa shape index (κ2) is 13.2. The molecule has 0 aliphatic heterocycles. The van der Waals surface area contributed by atoms with Crippen LogP contribution in [0.3, 0.4) is 0 Å². The first-order valence-electron chi connectivity index (χ1n) is 14.2. The average Bonchev–Trinajstić information content (AvgIpc) is 3.39. The molecule has 0 atom stereocenters. The highest BCUT2D eigenvalue weighted by molar-refractivity contribution is 7.87. The van der Waals surface area contributed by atoms with Gasteiger partial charge in [-0.25, -0.2) is 19.3 Å². The fourth-order valence-corrected chi connectivity index (χ4v) is 9.96. The maximum Gasteiger partial charge on any atom is 0.407 e. The van der Waals surface area contributed by atoms with Gasteiger partial charge in [-0.2, -0.15) is 0 Å². The fraction of sp³-hybridized carbons (Fsp3) is 0.114. The molecule has 0 radical (unpaired) electrons. The molecule has 0 unspecified atom stereocenters. The molecule has 1 N–H and O–H groups in total. The number of nitrogens with zero attached hydrogens (tertiary/aromatic N) is 2. The van der Waals surface area contributed by atoms with Crippen LogP contribution in [0.4, 0.5) is 9.80 Å². The van der Waals surface area contributed by atoms with Crippen LogP contribution in [-0.4, -0.2) is 17.6 Å². The molecule has 1 amide bonds. The number of amides is 1. The standard InChI is InChI=1S/C35H30N3O4PS/c1-25-31-33(37-30(42-34(31)39)22-23-36-35(40)41-24-26-14-6-2-7-15-26)44-32(25)38-43(27-16-8-3-9-17-27,28-18-10-4-11-19-28)29-20-12-5-13-21-29/h2-21H,22-24H2,1H3,(H,36,40). The number of ether oxygens (including phenoxy) is 1. The van der Waals surface area contributed by atoms with E-state index in [0.29, 0.717) is 10.2 Å². The van der Waals surface area contributed by atoms with Crippen LogP contribution in [0.5, 0.6) is 0 Å². The first-order chi connectivity index (χ1) is 21.5. The molecule has 7 nitrogen and oxygen atoms in total. The second-order valence-electron chi connectivity index (χ2n) is 10.1. The molecule has 4 aromatic carbocycles. The third kappa shape index (κ3) is 6.13. The highest BCUT2D eigenvalue weighted by Crippen LogP contribution is 2.51. The normalized spacial score (nSPS) is 11.3. The minimum Gasteiger partial charge on any atom is -0.445 e. The van der Waals surface area contributed by atoms with Gasteiger partial charge in [-0.05, 0) is 12.5 Å². The van der Waals surface area contributed by atoms with Crippen molar-refractivity contribution in [3.05, 3.63) is 149 Å². The zero-order chi connectivity index (χ0) is 30.4. The lowest BCUT2D eigenvalue weighted by Crippen LogP contribution is -2.26. The smallest absolute Gasteiger partial charge is 0.407 e. The number of fused-ring (bicyclic) bond motifs is 1. The zero-order valence-corrected chi connectivity index (χ0v) is 25.8. The lowest BCUT2D eigenvalue weighted by Gasteiger charge is -2.26. The molecule has 9 heteroatoms. The number of nitrogens with one attached hydrogen (secondary N) is 1. The Morgan fingerprint density at radius 1 is 0.841 bits per heavy atom. The van der Waals surface area contributed by atoms with E-state index in [4.69, 9.17) is 13.9 Å². The van der Waals surface area contributed by atoms with E-state index in [1.165, 1.54) is 11.3 Å². The molecule has 44 heavy (non-hydrogen) atoms. The van der Waals surface area contributed by atoms with Crippen LogP contribution in [0.2, 0.25) is 0 Å². The summed E-state index contributed by atoms with van der Waals surface area (Å²) in [5, 5.41) is 7.20. The number of hydrogen-bond donors (Lipinski definition) is 1. The summed E-state index contributed by atoms with van der Waals surface area (Å²) in [6.45, 7) is 2.28. The summed E-state index contributed by atoms with van der Waals surface area (Å²) in [4.78, 5) is 30.6. The largest absolute Gasteiger partial charge is 0.445 e. The number of carbonyl (C=O) groups is 1. The molecule has 2 heterocycles. The van der Waals surface area contributed by atoms with Gasteiger partial charge in [0, 0.05) is 34.4 Å². The molecule has 0 saturated heterocycles. The van der Waals surface area contributed by atoms with Gasteiger partial charge in [0.25, 0.3) is 0 Å². The maximum absolute atomic E-state index is 13.2. The van der Waals surface area contributed by atoms with E-state index in [2.05, 4.69) is 46.7 Å². The predicted molar refractivity (Wildman–Crippen MR) is 178 cm³/mol. The average molecular weight is 620 g/mol. The second-order valence-corrected chi connectivity index (χ2v) is 14.1. The number of aromatic nitrogens is 1. The van der Waals surface area contributed by atoms with Gasteiger partial charge in [0.05, 0.1) is 7.05 Å². The maximum atomic E-state index is 13.2. The molecule has 0 aliphatic carbocycles. The van der Waals surface area contributed by atoms with Crippen molar-refractivity contribution in [1.82, 2.24) is 10.3 Å². The Hall–Kier alpha value is -4.78. The van der Waals surface area contributed by atoms with Crippen molar-refractivity contribution in [2.75, 3.05) is 6.54 Å². The number of rotatable bonds is 9. The molecular weight excluding hydrogens is 589 g/mol. The number of thiophene rings is 1. The molecule has 6 rings (SSSR count). The van der Waals surface area contributed by atoms with Crippen molar-refractivity contribution in [3.8, 4) is 0 Å². The summed E-state index contributed by atoms with van der Waals surface area (Å²) in [5.41, 5.74) is 1.18. The van der Waals surface area contributed by atoms with E-state index in [9.17, 15) is 9.59 Å². The highest BCUT2D eigenvalue weighted by atomic mass is 32.1. The van der Waals surface area contributed by atoms with Gasteiger partial charge >= 0.3 is 11.7 Å². The Labute approximate surface area is 259 Å². The molecule has 0 aliphatic rings. The summed E-state index contributed by atoms with van der Waals surface area (Å²) in [5.74, 6) is 0.244. The fourth-order valence-electron chi connectivity index (χ4n) is 5.04. The first-order valence-corrected chi connectivity index (χ1v) is 16.8. The number of alkyl carbamates (subject to hydrolysis) is 1. The molecule has 220 valence electrons. The highest BCUT2D eigenvalue weighted by Gasteiger charge is 2.29. The zero-order valence-electron chi connectivity index (χ0n) is 24.1. The van der Waals surface area contributed by atoms with E-state index in [1.807, 2.05) is 91.9 Å². The van der Waals surface area contributed by atoms with E-state index in [-0.39, 0.29) is 25.5 Å². The molecule has 0 bridgehead atoms. The van der Waals surface area contributed by atoms with E-state index in [0.717, 1.165) is 32.0 Å². The van der Waals surface area contributed by atoms with Crippen LogP contribution in [0.1, 0.15) is 17.0 Å². The third-order valence-corrected chi connectivity index (χ3v) is 12.0. The van der Waals surface area contributed by atoms with Gasteiger partial charge in [0.15, 0.2) is 0 Å². The summed E-state index contributed by atoms with van der Waals surface area (Å²) >= 11 is 1.39. The summed E-state index contributed by atoms with van der Waals surface area (Å²) in [7, 11) is -2.53. The van der Waals surface area contributed by atoms with Gasteiger partial charge in [-0.15, -0.1) is 0 Å². The minimum absolute atomic E-state index is 0.172. The number of hydrogen-bond acceptors (Lipinski definition) is 7. The van der Waals surface area contributed by atoms with Crippen molar-refractivity contribution >= 4 is 55.6 Å². The quantitative estimate of drug-likeness (QED) is 0.179. The van der Waals surface area contributed by atoms with Gasteiger partial charge in [-0.3, -0.25) is 0 Å². The topological polar surface area (TPSA) is 93.8 Å². The van der Waals surface area contributed by atoms with Crippen LogP contribution >= 0.6 is 18.4 Å². The SMILES string of the molecule is Cc1c(N=P(c2ccccc2)(c2ccccc2)c2ccccc2)sc2nc(CCNC(=O)OCc3ccccc3)oc(=O)c12. The lowest BCUT2D eigenvalue weighted by molar-refractivity contribution is 0.139. The molecule has 0 saturated carbocycles. The van der Waals surface area contributed by atoms with E-state index >= 15 is 0 Å². The summed E-state index contributed by atoms with van der Waals surface area (Å²) in [6, 6.07) is 40.5. The molecular formula is C35H30N3O4PS. The summed E-state index contributed by atoms with van der Waals surface area (Å²) < 4.78 is 16.4. The van der Waals surface area contributed by atoms with Crippen molar-refractivity contribution < 1.29 is 13.9 Å². The van der Waals surface area contributed by atoms with E-state index in [1.54, 1.807) is 0 Å². The Balaban J connectivity index is 1.35. The van der Waals surface area contributed by atoms with Gasteiger partial charge < -0.3 is 14.5 Å². The van der Waals surface area contributed by atoms with Crippen LogP contribution < -0.4 is 26.9 Å². The molecule has 6 aromatic rings.